The minimum absolute atomic E-state index is 0.0307. The highest BCUT2D eigenvalue weighted by molar-refractivity contribution is 5.96. The fraction of sp³-hybridized carbons (Fsp3) is 0.353. The Bertz CT molecular complexity index is 841. The number of amides is 1. The minimum atomic E-state index is -0.932. The van der Waals surface area contributed by atoms with Gasteiger partial charge in [-0.15, -0.1) is 0 Å². The van der Waals surface area contributed by atoms with Crippen LogP contribution in [-0.2, 0) is 5.41 Å². The molecule has 1 aromatic carbocycles. The molecule has 2 N–H and O–H groups in total. The Kier molecular flexibility index (Phi) is 4.88. The smallest absolute Gasteiger partial charge is 0.322 e. The molecular weight excluding hydrogens is 322 g/mol. The molecule has 0 unspecified atom stereocenters. The van der Waals surface area contributed by atoms with Gasteiger partial charge in [0.2, 0.25) is 5.69 Å². The topological polar surface area (TPSA) is 125 Å². The van der Waals surface area contributed by atoms with E-state index in [4.69, 9.17) is 0 Å². The predicted octanol–water partition coefficient (Wildman–Crippen LogP) is 2.92. The zero-order chi connectivity index (χ0) is 18.8. The number of H-pyrrole nitrogens is 1. The second kappa shape index (κ2) is 6.73. The van der Waals surface area contributed by atoms with Crippen molar-refractivity contribution in [1.82, 2.24) is 15.5 Å². The van der Waals surface area contributed by atoms with Crippen LogP contribution in [0, 0.1) is 28.4 Å². The van der Waals surface area contributed by atoms with Crippen molar-refractivity contribution in [3.05, 3.63) is 56.9 Å². The van der Waals surface area contributed by atoms with Crippen LogP contribution < -0.4 is 5.32 Å². The van der Waals surface area contributed by atoms with E-state index in [1.165, 1.54) is 6.92 Å². The second-order valence-corrected chi connectivity index (χ2v) is 6.71. The Morgan fingerprint density at radius 1 is 1.36 bits per heavy atom. The third-order valence-electron chi connectivity index (χ3n) is 3.83. The van der Waals surface area contributed by atoms with Crippen molar-refractivity contribution in [3.8, 4) is 6.07 Å². The van der Waals surface area contributed by atoms with Crippen LogP contribution in [0.25, 0.3) is 0 Å². The molecule has 1 amide bonds. The van der Waals surface area contributed by atoms with Gasteiger partial charge < -0.3 is 5.32 Å². The molecule has 1 aromatic heterocycles. The predicted molar refractivity (Wildman–Crippen MR) is 90.9 cm³/mol. The molecule has 2 rings (SSSR count). The lowest BCUT2D eigenvalue weighted by Crippen LogP contribution is -2.28. The molecule has 0 radical (unpaired) electrons. The number of carbonyl (C=O) groups excluding carboxylic acids is 1. The molecule has 0 saturated carbocycles. The number of nitrogens with zero attached hydrogens (tertiary/aromatic N) is 3. The van der Waals surface area contributed by atoms with Crippen LogP contribution in [0.3, 0.4) is 0 Å². The van der Waals surface area contributed by atoms with E-state index < -0.39 is 22.6 Å². The maximum absolute atomic E-state index is 12.3. The molecule has 0 aliphatic carbocycles. The highest BCUT2D eigenvalue weighted by atomic mass is 16.6. The summed E-state index contributed by atoms with van der Waals surface area (Å²) >= 11 is 0. The van der Waals surface area contributed by atoms with Crippen LogP contribution in [0.15, 0.2) is 24.3 Å². The highest BCUT2D eigenvalue weighted by Crippen LogP contribution is 2.25. The van der Waals surface area contributed by atoms with Gasteiger partial charge in [0, 0.05) is 0 Å². The molecule has 25 heavy (non-hydrogen) atoms. The van der Waals surface area contributed by atoms with Gasteiger partial charge in [0.25, 0.3) is 5.91 Å². The molecule has 2 aromatic rings. The third kappa shape index (κ3) is 3.83. The molecule has 0 aliphatic heterocycles. The van der Waals surface area contributed by atoms with Crippen molar-refractivity contribution in [3.63, 3.8) is 0 Å². The van der Waals surface area contributed by atoms with Gasteiger partial charge in [0.15, 0.2) is 0 Å². The van der Waals surface area contributed by atoms with Gasteiger partial charge in [0.05, 0.1) is 11.0 Å². The first-order valence-electron chi connectivity index (χ1n) is 7.65. The lowest BCUT2D eigenvalue weighted by molar-refractivity contribution is -0.385. The van der Waals surface area contributed by atoms with Crippen molar-refractivity contribution in [2.75, 3.05) is 0 Å². The zero-order valence-electron chi connectivity index (χ0n) is 14.5. The SMILES string of the molecule is Cc1[nH]nc(C(=O)N[C@@H](C#N)c2ccc(C(C)(C)C)cc2)c1[N+](=O)[O-]. The van der Waals surface area contributed by atoms with E-state index in [2.05, 4.69) is 36.3 Å². The fourth-order valence-corrected chi connectivity index (χ4v) is 2.37. The molecule has 0 fully saturated rings. The number of carbonyl (C=O) groups is 1. The number of aromatic nitrogens is 2. The Balaban J connectivity index is 2.24. The maximum Gasteiger partial charge on any atom is 0.322 e. The zero-order valence-corrected chi connectivity index (χ0v) is 14.5. The molecular formula is C17H19N5O3. The van der Waals surface area contributed by atoms with E-state index in [1.54, 1.807) is 12.1 Å². The molecule has 8 nitrogen and oxygen atoms in total. The number of rotatable bonds is 4. The van der Waals surface area contributed by atoms with E-state index in [9.17, 15) is 20.2 Å². The molecule has 130 valence electrons. The highest BCUT2D eigenvalue weighted by Gasteiger charge is 2.28. The summed E-state index contributed by atoms with van der Waals surface area (Å²) in [5.74, 6) is -0.775. The molecule has 1 heterocycles. The van der Waals surface area contributed by atoms with Crippen LogP contribution in [0.4, 0.5) is 5.69 Å². The number of aromatic amines is 1. The standard InChI is InChI=1S/C17H19N5O3/c1-10-15(22(24)25)14(21-20-10)16(23)19-13(9-18)11-5-7-12(8-6-11)17(2,3)4/h5-8,13H,1-4H3,(H,19,23)(H,20,21)/t13-/m0/s1. The number of nitriles is 1. The summed E-state index contributed by atoms with van der Waals surface area (Å²) in [6, 6.07) is 8.38. The van der Waals surface area contributed by atoms with Crippen molar-refractivity contribution in [2.24, 2.45) is 0 Å². The average molecular weight is 341 g/mol. The molecule has 1 atom stereocenters. The van der Waals surface area contributed by atoms with Crippen LogP contribution in [0.1, 0.15) is 54.1 Å². The van der Waals surface area contributed by atoms with E-state index in [0.717, 1.165) is 5.56 Å². The Labute approximate surface area is 145 Å². The lowest BCUT2D eigenvalue weighted by Gasteiger charge is -2.20. The van der Waals surface area contributed by atoms with Gasteiger partial charge >= 0.3 is 5.69 Å². The number of aryl methyl sites for hydroxylation is 1. The summed E-state index contributed by atoms with van der Waals surface area (Å²) in [7, 11) is 0. The van der Waals surface area contributed by atoms with Gasteiger partial charge in [-0.05, 0) is 23.5 Å². The largest absolute Gasteiger partial charge is 0.331 e. The Morgan fingerprint density at radius 2 is 1.96 bits per heavy atom. The van der Waals surface area contributed by atoms with Gasteiger partial charge in [-0.3, -0.25) is 20.0 Å². The van der Waals surface area contributed by atoms with Crippen LogP contribution in [-0.4, -0.2) is 21.0 Å². The first-order valence-corrected chi connectivity index (χ1v) is 7.65. The van der Waals surface area contributed by atoms with Crippen molar-refractivity contribution >= 4 is 11.6 Å². The van der Waals surface area contributed by atoms with E-state index in [0.29, 0.717) is 5.56 Å². The average Bonchev–Trinajstić information content (AvgIpc) is 2.93. The van der Waals surface area contributed by atoms with E-state index in [-0.39, 0.29) is 16.8 Å². The van der Waals surface area contributed by atoms with Crippen molar-refractivity contribution < 1.29 is 9.72 Å². The normalized spacial score (nSPS) is 12.3. The quantitative estimate of drug-likeness (QED) is 0.653. The first kappa shape index (κ1) is 18.1. The first-order chi connectivity index (χ1) is 11.6. The Morgan fingerprint density at radius 3 is 2.44 bits per heavy atom. The van der Waals surface area contributed by atoms with E-state index in [1.807, 2.05) is 18.2 Å². The van der Waals surface area contributed by atoms with Crippen LogP contribution in [0.2, 0.25) is 0 Å². The number of benzene rings is 1. The van der Waals surface area contributed by atoms with Crippen molar-refractivity contribution in [1.29, 1.82) is 5.26 Å². The molecule has 8 heteroatoms. The molecule has 0 aliphatic rings. The lowest BCUT2D eigenvalue weighted by atomic mass is 9.86. The summed E-state index contributed by atoms with van der Waals surface area (Å²) in [6.45, 7) is 7.68. The monoisotopic (exact) mass is 341 g/mol. The number of nitrogens with one attached hydrogen (secondary N) is 2. The van der Waals surface area contributed by atoms with Gasteiger partial charge in [0.1, 0.15) is 11.7 Å². The fourth-order valence-electron chi connectivity index (χ4n) is 2.37. The summed E-state index contributed by atoms with van der Waals surface area (Å²) in [6.07, 6.45) is 0. The van der Waals surface area contributed by atoms with E-state index >= 15 is 0 Å². The molecule has 0 bridgehead atoms. The third-order valence-corrected chi connectivity index (χ3v) is 3.83. The molecule has 0 spiro atoms. The van der Waals surface area contributed by atoms with Gasteiger partial charge in [-0.2, -0.15) is 10.4 Å². The minimum Gasteiger partial charge on any atom is -0.331 e. The second-order valence-electron chi connectivity index (χ2n) is 6.71. The van der Waals surface area contributed by atoms with Crippen LogP contribution in [0.5, 0.6) is 0 Å². The van der Waals surface area contributed by atoms with Gasteiger partial charge in [-0.1, -0.05) is 45.0 Å². The maximum atomic E-state index is 12.3. The van der Waals surface area contributed by atoms with Crippen molar-refractivity contribution in [2.45, 2.75) is 39.2 Å². The summed E-state index contributed by atoms with van der Waals surface area (Å²) in [5, 5.41) is 29.0. The Hall–Kier alpha value is -3.21. The van der Waals surface area contributed by atoms with Crippen LogP contribution >= 0.6 is 0 Å². The number of hydrogen-bond acceptors (Lipinski definition) is 5. The van der Waals surface area contributed by atoms with Gasteiger partial charge in [-0.25, -0.2) is 0 Å². The summed E-state index contributed by atoms with van der Waals surface area (Å²) in [5.41, 5.74) is 1.11. The molecule has 0 saturated heterocycles. The number of nitro groups is 1. The summed E-state index contributed by atoms with van der Waals surface area (Å²) < 4.78 is 0. The summed E-state index contributed by atoms with van der Waals surface area (Å²) in [4.78, 5) is 22.7. The number of hydrogen-bond donors (Lipinski definition) is 2.